The summed E-state index contributed by atoms with van der Waals surface area (Å²) in [6.45, 7) is 1.57. The smallest absolute Gasteiger partial charge is 0.306 e. The lowest BCUT2D eigenvalue weighted by atomic mass is 10.2. The molecule has 5 nitrogen and oxygen atoms in total. The zero-order chi connectivity index (χ0) is 15.1. The number of rotatable bonds is 7. The van der Waals surface area contributed by atoms with Crippen LogP contribution in [-0.2, 0) is 27.4 Å². The largest absolute Gasteiger partial charge is 0.459 e. The fraction of sp³-hybridized carbons (Fsp3) is 0.357. The third-order valence-corrected chi connectivity index (χ3v) is 4.34. The Morgan fingerprint density at radius 2 is 2.24 bits per heavy atom. The summed E-state index contributed by atoms with van der Waals surface area (Å²) in [6.07, 6.45) is 2.09. The summed E-state index contributed by atoms with van der Waals surface area (Å²) in [5.41, 5.74) is 0.648. The molecule has 0 atom stereocenters. The third-order valence-electron chi connectivity index (χ3n) is 2.60. The number of carbonyl (C=O) groups excluding carboxylic acids is 2. The Morgan fingerprint density at radius 1 is 1.38 bits per heavy atom. The molecule has 21 heavy (non-hydrogen) atoms. The summed E-state index contributed by atoms with van der Waals surface area (Å²) in [7, 11) is 0. The molecule has 1 N–H and O–H groups in total. The lowest BCUT2D eigenvalue weighted by Crippen LogP contribution is -2.07. The molecule has 2 aromatic rings. The Bertz CT molecular complexity index is 593. The molecule has 0 spiro atoms. The molecule has 2 heterocycles. The van der Waals surface area contributed by atoms with Crippen molar-refractivity contribution in [3.8, 4) is 0 Å². The molecule has 0 aliphatic heterocycles. The molecule has 0 unspecified atom stereocenters. The summed E-state index contributed by atoms with van der Waals surface area (Å²) < 4.78 is 5.16. The van der Waals surface area contributed by atoms with E-state index in [4.69, 9.17) is 4.74 Å². The van der Waals surface area contributed by atoms with Crippen molar-refractivity contribution in [3.63, 3.8) is 0 Å². The Labute approximate surface area is 131 Å². The van der Waals surface area contributed by atoms with Gasteiger partial charge in [0.1, 0.15) is 6.61 Å². The first kappa shape index (κ1) is 15.7. The number of anilines is 1. The van der Waals surface area contributed by atoms with Crippen molar-refractivity contribution in [2.24, 2.45) is 0 Å². The molecule has 112 valence electrons. The van der Waals surface area contributed by atoms with E-state index in [1.54, 1.807) is 16.7 Å². The number of ether oxygens (including phenoxy) is 1. The fourth-order valence-electron chi connectivity index (χ4n) is 1.67. The van der Waals surface area contributed by atoms with Crippen LogP contribution in [-0.4, -0.2) is 16.9 Å². The molecule has 0 fully saturated rings. The highest BCUT2D eigenvalue weighted by molar-refractivity contribution is 7.13. The maximum Gasteiger partial charge on any atom is 0.306 e. The minimum atomic E-state index is -0.222. The average molecular weight is 324 g/mol. The predicted octanol–water partition coefficient (Wildman–Crippen LogP) is 3.23. The lowest BCUT2D eigenvalue weighted by Gasteiger charge is -2.02. The van der Waals surface area contributed by atoms with Gasteiger partial charge in [0, 0.05) is 23.6 Å². The number of nitrogens with zero attached hydrogens (tertiary/aromatic N) is 1. The molecule has 0 aliphatic carbocycles. The Hall–Kier alpha value is -1.73. The number of esters is 1. The number of aryl methyl sites for hydroxylation is 1. The van der Waals surface area contributed by atoms with Gasteiger partial charge in [-0.15, -0.1) is 22.7 Å². The molecular weight excluding hydrogens is 308 g/mol. The molecule has 0 bridgehead atoms. The van der Waals surface area contributed by atoms with Crippen LogP contribution in [0.25, 0.3) is 0 Å². The van der Waals surface area contributed by atoms with Gasteiger partial charge in [0.05, 0.1) is 5.69 Å². The van der Waals surface area contributed by atoms with Crippen LogP contribution in [0.2, 0.25) is 0 Å². The molecule has 0 radical (unpaired) electrons. The maximum atomic E-state index is 11.6. The Kier molecular flexibility index (Phi) is 5.89. The Balaban J connectivity index is 1.66. The highest BCUT2D eigenvalue weighted by atomic mass is 32.1. The van der Waals surface area contributed by atoms with Gasteiger partial charge in [0.2, 0.25) is 5.91 Å². The van der Waals surface area contributed by atoms with Crippen LogP contribution < -0.4 is 5.32 Å². The summed E-state index contributed by atoms with van der Waals surface area (Å²) in [5.74, 6) is -0.387. The first-order valence-electron chi connectivity index (χ1n) is 6.53. The van der Waals surface area contributed by atoms with Gasteiger partial charge in [-0.3, -0.25) is 9.59 Å². The van der Waals surface area contributed by atoms with E-state index < -0.39 is 0 Å². The number of nitrogens with one attached hydrogen (secondary N) is 1. The van der Waals surface area contributed by atoms with Crippen molar-refractivity contribution in [2.45, 2.75) is 32.8 Å². The van der Waals surface area contributed by atoms with Crippen LogP contribution in [0, 0.1) is 0 Å². The van der Waals surface area contributed by atoms with E-state index in [1.165, 1.54) is 23.1 Å². The summed E-state index contributed by atoms with van der Waals surface area (Å²) >= 11 is 3.01. The van der Waals surface area contributed by atoms with E-state index in [9.17, 15) is 9.59 Å². The molecule has 2 rings (SSSR count). The molecule has 0 aliphatic rings. The second-order valence-corrected chi connectivity index (χ2v) is 6.31. The van der Waals surface area contributed by atoms with Gasteiger partial charge < -0.3 is 10.1 Å². The second-order valence-electron chi connectivity index (χ2n) is 4.42. The normalized spacial score (nSPS) is 10.3. The van der Waals surface area contributed by atoms with E-state index in [2.05, 4.69) is 16.4 Å². The highest BCUT2D eigenvalue weighted by Gasteiger charge is 2.07. The van der Waals surface area contributed by atoms with E-state index in [0.717, 1.165) is 12.8 Å². The predicted molar refractivity (Wildman–Crippen MR) is 83.5 cm³/mol. The molecule has 0 aromatic carbocycles. The number of hydrogen-bond acceptors (Lipinski definition) is 6. The van der Waals surface area contributed by atoms with Crippen molar-refractivity contribution >= 4 is 39.7 Å². The van der Waals surface area contributed by atoms with Gasteiger partial charge in [-0.25, -0.2) is 4.98 Å². The second kappa shape index (κ2) is 7.90. The number of thiophene rings is 1. The van der Waals surface area contributed by atoms with Crippen molar-refractivity contribution in [2.75, 3.05) is 5.32 Å². The van der Waals surface area contributed by atoms with Gasteiger partial charge >= 0.3 is 5.97 Å². The van der Waals surface area contributed by atoms with Gasteiger partial charge in [-0.1, -0.05) is 6.07 Å². The minimum absolute atomic E-state index is 0.147. The molecule has 7 heteroatoms. The van der Waals surface area contributed by atoms with Gasteiger partial charge in [0.25, 0.3) is 0 Å². The molecule has 1 amide bonds. The van der Waals surface area contributed by atoms with E-state index in [-0.39, 0.29) is 18.5 Å². The van der Waals surface area contributed by atoms with Gasteiger partial charge in [0.15, 0.2) is 5.13 Å². The van der Waals surface area contributed by atoms with Crippen LogP contribution in [0.1, 0.15) is 30.3 Å². The number of hydrogen-bond donors (Lipinski definition) is 1. The van der Waals surface area contributed by atoms with Crippen LogP contribution >= 0.6 is 22.7 Å². The standard InChI is InChI=1S/C14H16N2O3S2/c1-10(17)15-14-16-11(9-21-14)8-19-13(18)6-2-4-12-5-3-7-20-12/h3,5,7,9H,2,4,6,8H2,1H3,(H,15,16,17). The molecular formula is C14H16N2O3S2. The summed E-state index contributed by atoms with van der Waals surface area (Å²) in [5, 5.41) is 6.91. The number of aromatic nitrogens is 1. The first-order valence-corrected chi connectivity index (χ1v) is 8.29. The summed E-state index contributed by atoms with van der Waals surface area (Å²) in [4.78, 5) is 27.9. The quantitative estimate of drug-likeness (QED) is 0.794. The van der Waals surface area contributed by atoms with Crippen molar-refractivity contribution < 1.29 is 14.3 Å². The highest BCUT2D eigenvalue weighted by Crippen LogP contribution is 2.16. The topological polar surface area (TPSA) is 68.3 Å². The number of amides is 1. The van der Waals surface area contributed by atoms with Crippen molar-refractivity contribution in [1.82, 2.24) is 4.98 Å². The van der Waals surface area contributed by atoms with Crippen molar-refractivity contribution in [3.05, 3.63) is 33.5 Å². The third kappa shape index (κ3) is 5.65. The number of thiazole rings is 1. The fourth-order valence-corrected chi connectivity index (χ4v) is 3.16. The van der Waals surface area contributed by atoms with E-state index >= 15 is 0 Å². The maximum absolute atomic E-state index is 11.6. The molecule has 2 aromatic heterocycles. The molecule has 0 saturated heterocycles. The number of carbonyl (C=O) groups is 2. The average Bonchev–Trinajstić information content (AvgIpc) is 3.07. The zero-order valence-electron chi connectivity index (χ0n) is 11.6. The van der Waals surface area contributed by atoms with Gasteiger partial charge in [-0.2, -0.15) is 0 Å². The van der Waals surface area contributed by atoms with E-state index in [0.29, 0.717) is 17.2 Å². The van der Waals surface area contributed by atoms with Crippen LogP contribution in [0.3, 0.4) is 0 Å². The van der Waals surface area contributed by atoms with Crippen LogP contribution in [0.4, 0.5) is 5.13 Å². The lowest BCUT2D eigenvalue weighted by molar-refractivity contribution is -0.145. The first-order chi connectivity index (χ1) is 10.1. The monoisotopic (exact) mass is 324 g/mol. The SMILES string of the molecule is CC(=O)Nc1nc(COC(=O)CCCc2cccs2)cs1. The van der Waals surface area contributed by atoms with E-state index in [1.807, 2.05) is 11.4 Å². The zero-order valence-corrected chi connectivity index (χ0v) is 13.3. The van der Waals surface area contributed by atoms with Crippen LogP contribution in [0.15, 0.2) is 22.9 Å². The van der Waals surface area contributed by atoms with Crippen molar-refractivity contribution in [1.29, 1.82) is 0 Å². The minimum Gasteiger partial charge on any atom is -0.459 e. The Morgan fingerprint density at radius 3 is 2.95 bits per heavy atom. The summed E-state index contributed by atoms with van der Waals surface area (Å²) in [6, 6.07) is 4.07. The van der Waals surface area contributed by atoms with Crippen LogP contribution in [0.5, 0.6) is 0 Å². The molecule has 0 saturated carbocycles. The van der Waals surface area contributed by atoms with Gasteiger partial charge in [-0.05, 0) is 24.3 Å².